The first kappa shape index (κ1) is 18.2. The van der Waals surface area contributed by atoms with Crippen LogP contribution >= 0.6 is 0 Å². The van der Waals surface area contributed by atoms with Gasteiger partial charge in [0.1, 0.15) is 0 Å². The Morgan fingerprint density at radius 2 is 1.79 bits per heavy atom. The van der Waals surface area contributed by atoms with Crippen LogP contribution in [-0.2, 0) is 4.74 Å². The van der Waals surface area contributed by atoms with Crippen LogP contribution in [0.25, 0.3) is 0 Å². The Balaban J connectivity index is 2.03. The van der Waals surface area contributed by atoms with Crippen molar-refractivity contribution in [3.05, 3.63) is 12.1 Å². The summed E-state index contributed by atoms with van der Waals surface area (Å²) in [5.41, 5.74) is 0.579. The molecule has 0 saturated heterocycles. The number of carbonyl (C=O) groups is 1. The average molecular weight is 338 g/mol. The molecule has 0 aromatic heterocycles. The number of carbonyl (C=O) groups excluding carboxylic acids is 1. The molecule has 2 N–H and O–H groups in total. The molecule has 1 fully saturated rings. The van der Waals surface area contributed by atoms with Crippen LogP contribution in [0.4, 0.5) is 10.5 Å². The average Bonchev–Trinajstić information content (AvgIpc) is 2.56. The molecule has 0 unspecified atom stereocenters. The topological polar surface area (TPSA) is 78.1 Å². The van der Waals surface area contributed by atoms with E-state index in [0.717, 1.165) is 12.8 Å². The Labute approximate surface area is 142 Å². The monoisotopic (exact) mass is 338 g/mol. The maximum absolute atomic E-state index is 12.2. The summed E-state index contributed by atoms with van der Waals surface area (Å²) in [7, 11) is 6.28. The second-order valence-electron chi connectivity index (χ2n) is 5.98. The highest BCUT2D eigenvalue weighted by Gasteiger charge is 2.37. The molecule has 1 aromatic rings. The largest absolute Gasteiger partial charge is 0.493 e. The third-order valence-electron chi connectivity index (χ3n) is 4.44. The van der Waals surface area contributed by atoms with Crippen LogP contribution in [0.3, 0.4) is 0 Å². The number of hydrogen-bond donors (Lipinski definition) is 2. The van der Waals surface area contributed by atoms with Crippen molar-refractivity contribution in [2.75, 3.05) is 46.9 Å². The van der Waals surface area contributed by atoms with Gasteiger partial charge in [0, 0.05) is 19.1 Å². The van der Waals surface area contributed by atoms with Crippen LogP contribution in [0, 0.1) is 5.41 Å². The number of nitrogens with one attached hydrogen (secondary N) is 2. The van der Waals surface area contributed by atoms with Gasteiger partial charge in [-0.3, -0.25) is 0 Å². The molecule has 1 aromatic carbocycles. The first-order chi connectivity index (χ1) is 11.6. The molecule has 2 amide bonds. The van der Waals surface area contributed by atoms with Gasteiger partial charge in [0.05, 0.1) is 33.6 Å². The van der Waals surface area contributed by atoms with Crippen LogP contribution < -0.4 is 24.8 Å². The zero-order valence-corrected chi connectivity index (χ0v) is 14.7. The van der Waals surface area contributed by atoms with Crippen LogP contribution in [0.2, 0.25) is 0 Å². The van der Waals surface area contributed by atoms with E-state index in [4.69, 9.17) is 18.9 Å². The molecular formula is C17H26N2O5. The summed E-state index contributed by atoms with van der Waals surface area (Å²) in [5, 5.41) is 5.72. The summed E-state index contributed by atoms with van der Waals surface area (Å²) >= 11 is 0. The van der Waals surface area contributed by atoms with Crippen LogP contribution in [-0.4, -0.2) is 47.6 Å². The quantitative estimate of drug-likeness (QED) is 0.762. The van der Waals surface area contributed by atoms with Crippen LogP contribution in [0.1, 0.15) is 19.3 Å². The summed E-state index contributed by atoms with van der Waals surface area (Å²) in [4.78, 5) is 12.2. The number of amides is 2. The van der Waals surface area contributed by atoms with Crippen LogP contribution in [0.15, 0.2) is 12.1 Å². The fourth-order valence-electron chi connectivity index (χ4n) is 2.99. The second-order valence-corrected chi connectivity index (χ2v) is 5.98. The lowest BCUT2D eigenvalue weighted by atomic mass is 9.69. The number of hydrogen-bond acceptors (Lipinski definition) is 5. The highest BCUT2D eigenvalue weighted by molar-refractivity contribution is 5.92. The lowest BCUT2D eigenvalue weighted by molar-refractivity contribution is 0.0203. The van der Waals surface area contributed by atoms with E-state index in [2.05, 4.69) is 10.6 Å². The summed E-state index contributed by atoms with van der Waals surface area (Å²) in [6.07, 6.45) is 3.32. The van der Waals surface area contributed by atoms with Gasteiger partial charge < -0.3 is 29.6 Å². The van der Waals surface area contributed by atoms with E-state index >= 15 is 0 Å². The van der Waals surface area contributed by atoms with Gasteiger partial charge in [-0.2, -0.15) is 0 Å². The number of urea groups is 1. The molecule has 2 rings (SSSR count). The number of anilines is 1. The molecule has 7 nitrogen and oxygen atoms in total. The number of rotatable bonds is 8. The van der Waals surface area contributed by atoms with Gasteiger partial charge in [0.25, 0.3) is 0 Å². The molecule has 1 aliphatic rings. The molecule has 1 saturated carbocycles. The number of methoxy groups -OCH3 is 4. The predicted molar refractivity (Wildman–Crippen MR) is 91.3 cm³/mol. The zero-order valence-electron chi connectivity index (χ0n) is 14.7. The lowest BCUT2D eigenvalue weighted by Gasteiger charge is -2.41. The minimum absolute atomic E-state index is 0.0633. The fourth-order valence-corrected chi connectivity index (χ4v) is 2.99. The molecular weight excluding hydrogens is 312 g/mol. The van der Waals surface area contributed by atoms with Gasteiger partial charge in [-0.05, 0) is 25.0 Å². The summed E-state index contributed by atoms with van der Waals surface area (Å²) < 4.78 is 21.2. The first-order valence-electron chi connectivity index (χ1n) is 7.92. The van der Waals surface area contributed by atoms with Crippen molar-refractivity contribution in [2.45, 2.75) is 19.3 Å². The van der Waals surface area contributed by atoms with E-state index in [0.29, 0.717) is 36.1 Å². The van der Waals surface area contributed by atoms with Crippen molar-refractivity contribution >= 4 is 11.7 Å². The first-order valence-corrected chi connectivity index (χ1v) is 7.92. The van der Waals surface area contributed by atoms with E-state index in [1.54, 1.807) is 26.4 Å². The molecule has 24 heavy (non-hydrogen) atoms. The minimum atomic E-state index is -0.289. The van der Waals surface area contributed by atoms with Crippen molar-refractivity contribution in [3.63, 3.8) is 0 Å². The van der Waals surface area contributed by atoms with Crippen molar-refractivity contribution in [1.82, 2.24) is 5.32 Å². The molecule has 0 atom stereocenters. The van der Waals surface area contributed by atoms with Gasteiger partial charge >= 0.3 is 6.03 Å². The minimum Gasteiger partial charge on any atom is -0.493 e. The maximum Gasteiger partial charge on any atom is 0.319 e. The number of ether oxygens (including phenoxy) is 4. The summed E-state index contributed by atoms with van der Waals surface area (Å²) in [5.74, 6) is 1.39. The Morgan fingerprint density at radius 1 is 1.08 bits per heavy atom. The summed E-state index contributed by atoms with van der Waals surface area (Å²) in [6.45, 7) is 1.25. The van der Waals surface area contributed by atoms with Crippen molar-refractivity contribution in [3.8, 4) is 17.2 Å². The van der Waals surface area contributed by atoms with E-state index in [1.165, 1.54) is 20.6 Å². The molecule has 0 radical (unpaired) electrons. The Kier molecular flexibility index (Phi) is 6.14. The van der Waals surface area contributed by atoms with Gasteiger partial charge in [0.2, 0.25) is 5.75 Å². The Hall–Kier alpha value is -2.15. The third-order valence-corrected chi connectivity index (χ3v) is 4.44. The van der Waals surface area contributed by atoms with Crippen molar-refractivity contribution < 1.29 is 23.7 Å². The molecule has 0 spiro atoms. The molecule has 134 valence electrons. The lowest BCUT2D eigenvalue weighted by Crippen LogP contribution is -2.46. The van der Waals surface area contributed by atoms with E-state index in [1.807, 2.05) is 0 Å². The van der Waals surface area contributed by atoms with Gasteiger partial charge in [0.15, 0.2) is 11.5 Å². The van der Waals surface area contributed by atoms with Gasteiger partial charge in [-0.15, -0.1) is 0 Å². The summed E-state index contributed by atoms with van der Waals surface area (Å²) in [6, 6.07) is 3.14. The van der Waals surface area contributed by atoms with E-state index in [-0.39, 0.29) is 11.4 Å². The van der Waals surface area contributed by atoms with Gasteiger partial charge in [-0.25, -0.2) is 4.79 Å². The fraction of sp³-hybridized carbons (Fsp3) is 0.588. The Bertz CT molecular complexity index is 572. The molecule has 1 aliphatic carbocycles. The highest BCUT2D eigenvalue weighted by atomic mass is 16.5. The molecule has 0 heterocycles. The predicted octanol–water partition coefficient (Wildman–Crippen LogP) is 2.65. The second kappa shape index (κ2) is 8.10. The zero-order chi connectivity index (χ0) is 17.6. The smallest absolute Gasteiger partial charge is 0.319 e. The number of benzene rings is 1. The van der Waals surface area contributed by atoms with E-state index < -0.39 is 0 Å². The third kappa shape index (κ3) is 3.84. The molecule has 0 bridgehead atoms. The Morgan fingerprint density at radius 3 is 2.29 bits per heavy atom. The standard InChI is InChI=1S/C17H26N2O5/c1-21-11-17(8-5-9-17)10-18-16(20)19-12-6-7-13(22-2)15(24-4)14(12)23-3/h6-7H,5,8-11H2,1-4H3,(H2,18,19,20). The van der Waals surface area contributed by atoms with Gasteiger partial charge in [-0.1, -0.05) is 6.42 Å². The SMILES string of the molecule is COCC1(CNC(=O)Nc2ccc(OC)c(OC)c2OC)CCC1. The highest BCUT2D eigenvalue weighted by Crippen LogP contribution is 2.43. The van der Waals surface area contributed by atoms with Crippen LogP contribution in [0.5, 0.6) is 17.2 Å². The normalized spacial score (nSPS) is 15.2. The molecule has 0 aliphatic heterocycles. The van der Waals surface area contributed by atoms with Crippen molar-refractivity contribution in [2.24, 2.45) is 5.41 Å². The van der Waals surface area contributed by atoms with E-state index in [9.17, 15) is 4.79 Å². The van der Waals surface area contributed by atoms with Crippen molar-refractivity contribution in [1.29, 1.82) is 0 Å². The molecule has 7 heteroatoms. The maximum atomic E-state index is 12.2.